The molecule has 4 aromatic carbocycles. The molecule has 6 rings (SSSR count). The van der Waals surface area contributed by atoms with Crippen LogP contribution < -0.4 is 9.30 Å². The summed E-state index contributed by atoms with van der Waals surface area (Å²) in [4.78, 5) is 0. The maximum absolute atomic E-state index is 14.2. The predicted octanol–water partition coefficient (Wildman–Crippen LogP) is 8.09. The molecule has 0 saturated carbocycles. The van der Waals surface area contributed by atoms with Crippen molar-refractivity contribution in [3.8, 4) is 22.8 Å². The fourth-order valence-corrected chi connectivity index (χ4v) is 5.63. The number of ether oxygens (including phenoxy) is 1. The van der Waals surface area contributed by atoms with E-state index in [4.69, 9.17) is 4.74 Å². The third-order valence-electron chi connectivity index (χ3n) is 7.10. The van der Waals surface area contributed by atoms with Gasteiger partial charge in [-0.3, -0.25) is 0 Å². The molecule has 0 aliphatic carbocycles. The smallest absolute Gasteiger partial charge is 0.228 e. The molecule has 0 unspecified atom stereocenters. The van der Waals surface area contributed by atoms with Crippen molar-refractivity contribution in [3.05, 3.63) is 77.2 Å². The molecule has 1 aliphatic rings. The topological polar surface area (TPSA) is 13.1 Å². The highest BCUT2D eigenvalue weighted by molar-refractivity contribution is 6.16. The van der Waals surface area contributed by atoms with Crippen LogP contribution in [0, 0.1) is 25.1 Å². The van der Waals surface area contributed by atoms with Gasteiger partial charge >= 0.3 is 0 Å². The summed E-state index contributed by atoms with van der Waals surface area (Å²) in [5, 5.41) is 6.50. The monoisotopic (exact) mass is 450 g/mol. The van der Waals surface area contributed by atoms with Crippen molar-refractivity contribution in [2.45, 2.75) is 41.0 Å². The molecular weight excluding hydrogens is 421 g/mol. The van der Waals surface area contributed by atoms with Crippen molar-refractivity contribution in [2.75, 3.05) is 0 Å². The Labute approximate surface area is 199 Å². The van der Waals surface area contributed by atoms with E-state index in [1.165, 1.54) is 33.5 Å². The van der Waals surface area contributed by atoms with Gasteiger partial charge in [0.15, 0.2) is 6.20 Å². The number of hydrogen-bond donors (Lipinski definition) is 0. The molecule has 0 saturated heterocycles. The molecule has 0 atom stereocenters. The van der Waals surface area contributed by atoms with Crippen LogP contribution in [0.4, 0.5) is 4.39 Å². The molecule has 170 valence electrons. The highest BCUT2D eigenvalue weighted by atomic mass is 19.1. The average Bonchev–Trinajstić information content (AvgIpc) is 2.77. The Morgan fingerprint density at radius 1 is 0.882 bits per heavy atom. The minimum Gasteiger partial charge on any atom is -0.455 e. The van der Waals surface area contributed by atoms with Crippen molar-refractivity contribution >= 4 is 32.3 Å². The van der Waals surface area contributed by atoms with Gasteiger partial charge in [-0.2, -0.15) is 0 Å². The second-order valence-electron chi connectivity index (χ2n) is 11.0. The molecule has 0 spiro atoms. The zero-order chi connectivity index (χ0) is 23.9. The van der Waals surface area contributed by atoms with Gasteiger partial charge < -0.3 is 4.74 Å². The number of hydrogen-bond acceptors (Lipinski definition) is 1. The zero-order valence-corrected chi connectivity index (χ0v) is 20.6. The van der Waals surface area contributed by atoms with E-state index in [0.29, 0.717) is 0 Å². The van der Waals surface area contributed by atoms with Crippen molar-refractivity contribution in [1.82, 2.24) is 0 Å². The van der Waals surface area contributed by atoms with Gasteiger partial charge in [-0.15, -0.1) is 0 Å². The number of aromatic nitrogens is 1. The van der Waals surface area contributed by atoms with E-state index in [2.05, 4.69) is 82.8 Å². The number of fused-ring (bicyclic) bond motifs is 5. The van der Waals surface area contributed by atoms with Crippen molar-refractivity contribution in [3.63, 3.8) is 0 Å². The summed E-state index contributed by atoms with van der Waals surface area (Å²) >= 11 is 0. The maximum Gasteiger partial charge on any atom is 0.228 e. The Morgan fingerprint density at radius 2 is 1.68 bits per heavy atom. The first kappa shape index (κ1) is 21.1. The molecular formula is C31H29FNO+. The SMILES string of the molecule is Cc1ccc2c(C)c3c(c(CC(C)(C)C)c2c1)Oc1cc2ccc(F)cc2c2cc[n+](C)c-3c12. The minimum atomic E-state index is -0.222. The van der Waals surface area contributed by atoms with Crippen molar-refractivity contribution in [1.29, 1.82) is 0 Å². The summed E-state index contributed by atoms with van der Waals surface area (Å²) in [5.74, 6) is 1.58. The molecule has 3 heteroatoms. The average molecular weight is 451 g/mol. The first-order chi connectivity index (χ1) is 16.1. The minimum absolute atomic E-state index is 0.0957. The Balaban J connectivity index is 1.82. The lowest BCUT2D eigenvalue weighted by atomic mass is 9.81. The molecule has 1 aromatic heterocycles. The molecule has 5 aromatic rings. The molecule has 1 aliphatic heterocycles. The lowest BCUT2D eigenvalue weighted by Crippen LogP contribution is -2.32. The maximum atomic E-state index is 14.2. The Kier molecular flexibility index (Phi) is 4.36. The largest absolute Gasteiger partial charge is 0.455 e. The summed E-state index contributed by atoms with van der Waals surface area (Å²) in [6, 6.07) is 15.9. The van der Waals surface area contributed by atoms with E-state index in [9.17, 15) is 4.39 Å². The fraction of sp³-hybridized carbons (Fsp3) is 0.258. The number of halogens is 1. The summed E-state index contributed by atoms with van der Waals surface area (Å²) in [7, 11) is 2.09. The van der Waals surface area contributed by atoms with Gasteiger partial charge in [0.2, 0.25) is 5.69 Å². The predicted molar refractivity (Wildman–Crippen MR) is 138 cm³/mol. The molecule has 0 fully saturated rings. The fourth-order valence-electron chi connectivity index (χ4n) is 5.63. The van der Waals surface area contributed by atoms with E-state index in [1.54, 1.807) is 6.07 Å². The summed E-state index contributed by atoms with van der Waals surface area (Å²) < 4.78 is 23.3. The number of nitrogens with zero attached hydrogens (tertiary/aromatic N) is 1. The summed E-state index contributed by atoms with van der Waals surface area (Å²) in [5.41, 5.74) is 6.10. The highest BCUT2D eigenvalue weighted by Gasteiger charge is 2.34. The summed E-state index contributed by atoms with van der Waals surface area (Å²) in [6.45, 7) is 11.2. The Morgan fingerprint density at radius 3 is 2.44 bits per heavy atom. The third kappa shape index (κ3) is 3.03. The quantitative estimate of drug-likeness (QED) is 0.182. The Hall–Kier alpha value is -3.46. The van der Waals surface area contributed by atoms with Crippen LogP contribution in [0.1, 0.15) is 37.5 Å². The number of aryl methyl sites for hydroxylation is 3. The molecule has 34 heavy (non-hydrogen) atoms. The van der Waals surface area contributed by atoms with Crippen LogP contribution in [-0.4, -0.2) is 0 Å². The van der Waals surface area contributed by atoms with Gasteiger partial charge in [-0.25, -0.2) is 8.96 Å². The second kappa shape index (κ2) is 7.02. The van der Waals surface area contributed by atoms with Gasteiger partial charge in [-0.05, 0) is 71.0 Å². The van der Waals surface area contributed by atoms with E-state index < -0.39 is 0 Å². The normalized spacial score (nSPS) is 12.9. The lowest BCUT2D eigenvalue weighted by Gasteiger charge is -2.28. The van der Waals surface area contributed by atoms with Crippen LogP contribution in [0.3, 0.4) is 0 Å². The van der Waals surface area contributed by atoms with Crippen molar-refractivity contribution < 1.29 is 13.7 Å². The van der Waals surface area contributed by atoms with E-state index >= 15 is 0 Å². The van der Waals surface area contributed by atoms with Crippen LogP contribution in [-0.2, 0) is 13.5 Å². The molecule has 0 bridgehead atoms. The molecule has 0 amide bonds. The van der Waals surface area contributed by atoms with Crippen LogP contribution in [0.25, 0.3) is 43.6 Å². The van der Waals surface area contributed by atoms with Gasteiger partial charge in [-0.1, -0.05) is 50.6 Å². The van der Waals surface area contributed by atoms with Crippen molar-refractivity contribution in [2.24, 2.45) is 12.5 Å². The third-order valence-corrected chi connectivity index (χ3v) is 7.10. The first-order valence-corrected chi connectivity index (χ1v) is 11.9. The standard InChI is InChI=1S/C31H29FNO/c1-17-7-10-21-18(2)27-29-28-22(11-12-33(29)6)23-15-20(32)9-8-19(23)14-26(28)34-30(27)25(24(21)13-17)16-31(3,4)5/h7-15H,16H2,1-6H3/q+1. The summed E-state index contributed by atoms with van der Waals surface area (Å²) in [6.07, 6.45) is 2.99. The zero-order valence-electron chi connectivity index (χ0n) is 20.6. The van der Waals surface area contributed by atoms with Crippen LogP contribution in [0.2, 0.25) is 0 Å². The number of rotatable bonds is 1. The lowest BCUT2D eigenvalue weighted by molar-refractivity contribution is -0.659. The van der Waals surface area contributed by atoms with E-state index in [1.807, 2.05) is 6.07 Å². The molecule has 2 heterocycles. The first-order valence-electron chi connectivity index (χ1n) is 11.9. The number of pyridine rings is 1. The van der Waals surface area contributed by atoms with E-state index in [0.717, 1.165) is 50.7 Å². The highest BCUT2D eigenvalue weighted by Crippen LogP contribution is 2.52. The number of benzene rings is 4. The van der Waals surface area contributed by atoms with Gasteiger partial charge in [0.05, 0.1) is 10.9 Å². The van der Waals surface area contributed by atoms with Gasteiger partial charge in [0.1, 0.15) is 24.4 Å². The van der Waals surface area contributed by atoms with E-state index in [-0.39, 0.29) is 11.2 Å². The molecule has 0 N–H and O–H groups in total. The second-order valence-corrected chi connectivity index (χ2v) is 11.0. The van der Waals surface area contributed by atoms with Crippen LogP contribution in [0.5, 0.6) is 11.5 Å². The van der Waals surface area contributed by atoms with Crippen LogP contribution in [0.15, 0.2) is 54.7 Å². The van der Waals surface area contributed by atoms with Crippen LogP contribution >= 0.6 is 0 Å². The molecule has 0 radical (unpaired) electrons. The van der Waals surface area contributed by atoms with Gasteiger partial charge in [0.25, 0.3) is 0 Å². The molecule has 2 nitrogen and oxygen atoms in total. The Bertz CT molecular complexity index is 1670. The van der Waals surface area contributed by atoms with Gasteiger partial charge in [0, 0.05) is 17.0 Å².